The first-order valence-corrected chi connectivity index (χ1v) is 6.57. The molecule has 0 unspecified atom stereocenters. The summed E-state index contributed by atoms with van der Waals surface area (Å²) in [5.74, 6) is 0.585. The highest BCUT2D eigenvalue weighted by molar-refractivity contribution is 7.97. The van der Waals surface area contributed by atoms with Crippen LogP contribution >= 0.6 is 11.8 Å². The minimum Gasteiger partial charge on any atom is -0.392 e. The number of pyridine rings is 1. The average molecular weight is 259 g/mol. The Labute approximate surface area is 104 Å². The van der Waals surface area contributed by atoms with Gasteiger partial charge >= 0.3 is 0 Å². The van der Waals surface area contributed by atoms with E-state index in [0.717, 1.165) is 0 Å². The first kappa shape index (κ1) is 14.4. The van der Waals surface area contributed by atoms with Crippen LogP contribution in [-0.2, 0) is 32.2 Å². The molecule has 1 heterocycles. The number of hydrogen-bond donors (Lipinski definition) is 4. The van der Waals surface area contributed by atoms with Gasteiger partial charge in [-0.25, -0.2) is 0 Å². The summed E-state index contributed by atoms with van der Waals surface area (Å²) >= 11 is 1.54. The molecule has 0 spiro atoms. The molecule has 6 heteroatoms. The third kappa shape index (κ3) is 2.97. The van der Waals surface area contributed by atoms with E-state index in [2.05, 4.69) is 4.98 Å². The van der Waals surface area contributed by atoms with Crippen molar-refractivity contribution < 1.29 is 20.4 Å². The monoisotopic (exact) mass is 259 g/mol. The highest BCUT2D eigenvalue weighted by Gasteiger charge is 2.17. The Morgan fingerprint density at radius 2 is 1.35 bits per heavy atom. The quantitative estimate of drug-likeness (QED) is 0.570. The highest BCUT2D eigenvalue weighted by Crippen LogP contribution is 2.24. The van der Waals surface area contributed by atoms with Crippen molar-refractivity contribution in [2.75, 3.05) is 6.26 Å². The van der Waals surface area contributed by atoms with Gasteiger partial charge in [-0.15, -0.1) is 0 Å². The minimum absolute atomic E-state index is 0.239. The fourth-order valence-corrected chi connectivity index (χ4v) is 2.29. The Morgan fingerprint density at radius 1 is 0.824 bits per heavy atom. The van der Waals surface area contributed by atoms with Gasteiger partial charge in [-0.2, -0.15) is 11.8 Å². The first-order chi connectivity index (χ1) is 8.23. The zero-order valence-corrected chi connectivity index (χ0v) is 10.5. The molecule has 0 fully saturated rings. The normalized spacial score (nSPS) is 10.9. The molecule has 0 saturated heterocycles. The number of hydrogen-bond acceptors (Lipinski definition) is 6. The molecule has 96 valence electrons. The number of aliphatic hydroxyl groups is 4. The molecule has 0 atom stereocenters. The molecule has 17 heavy (non-hydrogen) atoms. The Hall–Kier alpha value is -0.660. The molecule has 0 aliphatic rings. The molecule has 1 aromatic rings. The van der Waals surface area contributed by atoms with Crippen molar-refractivity contribution in [1.82, 2.24) is 4.98 Å². The Morgan fingerprint density at radius 3 is 1.76 bits per heavy atom. The molecule has 0 radical (unpaired) electrons. The number of thioether (sulfide) groups is 1. The van der Waals surface area contributed by atoms with Gasteiger partial charge < -0.3 is 20.4 Å². The smallest absolute Gasteiger partial charge is 0.0856 e. The molecule has 0 aliphatic heterocycles. The highest BCUT2D eigenvalue weighted by atomic mass is 32.2. The largest absolute Gasteiger partial charge is 0.392 e. The third-order valence-corrected chi connectivity index (χ3v) is 3.16. The predicted molar refractivity (Wildman–Crippen MR) is 65.1 cm³/mol. The zero-order valence-electron chi connectivity index (χ0n) is 9.68. The molecule has 4 N–H and O–H groups in total. The van der Waals surface area contributed by atoms with E-state index in [9.17, 15) is 20.4 Å². The second kappa shape index (κ2) is 6.93. The van der Waals surface area contributed by atoms with Gasteiger partial charge in [-0.3, -0.25) is 4.98 Å². The van der Waals surface area contributed by atoms with Crippen LogP contribution in [0.15, 0.2) is 0 Å². The van der Waals surface area contributed by atoms with Gasteiger partial charge in [0.25, 0.3) is 0 Å². The molecule has 0 saturated carbocycles. The molecule has 1 rings (SSSR count). The van der Waals surface area contributed by atoms with Crippen molar-refractivity contribution in [2.45, 2.75) is 32.2 Å². The van der Waals surface area contributed by atoms with Crippen molar-refractivity contribution in [3.8, 4) is 0 Å². The minimum atomic E-state index is -0.314. The number of aromatic nitrogens is 1. The summed E-state index contributed by atoms with van der Waals surface area (Å²) in [7, 11) is 0. The maximum atomic E-state index is 9.34. The lowest BCUT2D eigenvalue weighted by Gasteiger charge is -2.17. The lowest BCUT2D eigenvalue weighted by molar-refractivity contribution is 0.235. The fraction of sp³-hybridized carbons (Fsp3) is 0.545. The summed E-state index contributed by atoms with van der Waals surface area (Å²) in [6.07, 6.45) is 1.90. The molecule has 5 nitrogen and oxygen atoms in total. The van der Waals surface area contributed by atoms with Crippen molar-refractivity contribution in [3.05, 3.63) is 28.1 Å². The van der Waals surface area contributed by atoms with E-state index in [0.29, 0.717) is 33.8 Å². The Balaban J connectivity index is 3.42. The standard InChI is InChI=1S/C11H17NO4S/c1-17-6-11-9(4-15)7(2-13)8(3-14)10(5-16)12-11/h13-16H,2-6H2,1H3. The van der Waals surface area contributed by atoms with Crippen molar-refractivity contribution in [1.29, 1.82) is 0 Å². The van der Waals surface area contributed by atoms with E-state index in [-0.39, 0.29) is 26.4 Å². The number of aliphatic hydroxyl groups excluding tert-OH is 4. The molecule has 0 amide bonds. The molecule has 0 aliphatic carbocycles. The average Bonchev–Trinajstić information content (AvgIpc) is 2.37. The summed E-state index contributed by atoms with van der Waals surface area (Å²) in [6.45, 7) is -1.14. The predicted octanol–water partition coefficient (Wildman–Crippen LogP) is -0.0862. The van der Waals surface area contributed by atoms with E-state index in [4.69, 9.17) is 0 Å². The maximum absolute atomic E-state index is 9.34. The lowest BCUT2D eigenvalue weighted by Crippen LogP contribution is -2.12. The van der Waals surface area contributed by atoms with Gasteiger partial charge in [-0.05, 0) is 11.8 Å². The van der Waals surface area contributed by atoms with Crippen LogP contribution in [0, 0.1) is 0 Å². The van der Waals surface area contributed by atoms with Gasteiger partial charge in [-0.1, -0.05) is 0 Å². The summed E-state index contributed by atoms with van der Waals surface area (Å²) in [5, 5.41) is 37.1. The van der Waals surface area contributed by atoms with Crippen LogP contribution in [0.1, 0.15) is 28.1 Å². The summed E-state index contributed by atoms with van der Waals surface area (Å²) in [5.41, 5.74) is 2.42. The molecule has 1 aromatic heterocycles. The van der Waals surface area contributed by atoms with Gasteiger partial charge in [0.2, 0.25) is 0 Å². The van der Waals surface area contributed by atoms with Crippen LogP contribution in [0.3, 0.4) is 0 Å². The number of rotatable bonds is 6. The third-order valence-electron chi connectivity index (χ3n) is 2.60. The van der Waals surface area contributed by atoms with Crippen LogP contribution in [0.4, 0.5) is 0 Å². The lowest BCUT2D eigenvalue weighted by atomic mass is 10.00. The van der Waals surface area contributed by atoms with Crippen LogP contribution in [-0.4, -0.2) is 31.7 Å². The molecular weight excluding hydrogens is 242 g/mol. The summed E-state index contributed by atoms with van der Waals surface area (Å²) in [6, 6.07) is 0. The summed E-state index contributed by atoms with van der Waals surface area (Å²) in [4.78, 5) is 4.23. The van der Waals surface area contributed by atoms with E-state index in [1.54, 1.807) is 0 Å². The second-order valence-corrected chi connectivity index (χ2v) is 4.37. The summed E-state index contributed by atoms with van der Waals surface area (Å²) < 4.78 is 0. The molecular formula is C11H17NO4S. The topological polar surface area (TPSA) is 93.8 Å². The fourth-order valence-electron chi connectivity index (χ4n) is 1.78. The van der Waals surface area contributed by atoms with Gasteiger partial charge in [0.15, 0.2) is 0 Å². The maximum Gasteiger partial charge on any atom is 0.0856 e. The van der Waals surface area contributed by atoms with E-state index < -0.39 is 0 Å². The van der Waals surface area contributed by atoms with Crippen LogP contribution in [0.25, 0.3) is 0 Å². The number of nitrogens with zero attached hydrogens (tertiary/aromatic N) is 1. The Bertz CT molecular complexity index is 384. The SMILES string of the molecule is CSCc1nc(CO)c(CO)c(CO)c1CO. The van der Waals surface area contributed by atoms with Gasteiger partial charge in [0.05, 0.1) is 37.8 Å². The van der Waals surface area contributed by atoms with E-state index in [1.165, 1.54) is 11.8 Å². The zero-order chi connectivity index (χ0) is 12.8. The van der Waals surface area contributed by atoms with Crippen molar-refractivity contribution in [3.63, 3.8) is 0 Å². The van der Waals surface area contributed by atoms with Crippen LogP contribution < -0.4 is 0 Å². The Kier molecular flexibility index (Phi) is 5.87. The van der Waals surface area contributed by atoms with Crippen molar-refractivity contribution in [2.24, 2.45) is 0 Å². The molecule has 0 bridgehead atoms. The van der Waals surface area contributed by atoms with E-state index in [1.807, 2.05) is 6.26 Å². The van der Waals surface area contributed by atoms with E-state index >= 15 is 0 Å². The second-order valence-electron chi connectivity index (χ2n) is 3.51. The van der Waals surface area contributed by atoms with Crippen LogP contribution in [0.2, 0.25) is 0 Å². The van der Waals surface area contributed by atoms with Crippen molar-refractivity contribution >= 4 is 11.8 Å². The van der Waals surface area contributed by atoms with Crippen LogP contribution in [0.5, 0.6) is 0 Å². The first-order valence-electron chi connectivity index (χ1n) is 5.18. The van der Waals surface area contributed by atoms with Gasteiger partial charge in [0, 0.05) is 16.9 Å². The molecule has 0 aromatic carbocycles. The van der Waals surface area contributed by atoms with Gasteiger partial charge in [0.1, 0.15) is 0 Å².